The van der Waals surface area contributed by atoms with Crippen LogP contribution in [0.4, 0.5) is 0 Å². The minimum atomic E-state index is -0.0643. The average Bonchev–Trinajstić information content (AvgIpc) is 3.84. The van der Waals surface area contributed by atoms with Gasteiger partial charge in [-0.2, -0.15) is 0 Å². The van der Waals surface area contributed by atoms with E-state index in [1.54, 1.807) is 18.2 Å². The molecule has 4 heteroatoms. The van der Waals surface area contributed by atoms with E-state index >= 15 is 0 Å². The lowest BCUT2D eigenvalue weighted by Gasteiger charge is -2.24. The fourth-order valence-corrected chi connectivity index (χ4v) is 8.82. The fraction of sp³-hybridized carbons (Fsp3) is 0.213. The quantitative estimate of drug-likeness (QED) is 0.0774. The molecule has 7 rings (SSSR count). The molecule has 6 aromatic rings. The second-order valence-electron chi connectivity index (χ2n) is 16.2. The largest absolute Gasteiger partial charge is 0.516 e. The first kappa shape index (κ1) is 50.6. The molecule has 4 aromatic carbocycles. The summed E-state index contributed by atoms with van der Waals surface area (Å²) in [6.07, 6.45) is 25.8. The molecule has 2 heterocycles. The molecule has 0 saturated carbocycles. The molecule has 3 N–H and O–H groups in total. The zero-order valence-corrected chi connectivity index (χ0v) is 40.8. The van der Waals surface area contributed by atoms with Crippen LogP contribution in [0.25, 0.3) is 68.8 Å². The summed E-state index contributed by atoms with van der Waals surface area (Å²) in [4.78, 5) is 0. The van der Waals surface area contributed by atoms with Crippen molar-refractivity contribution in [3.05, 3.63) is 215 Å². The number of rotatable bonds is 11. The smallest absolute Gasteiger partial charge is 0.0791 e. The highest BCUT2D eigenvalue weighted by molar-refractivity contribution is 6.10. The Labute approximate surface area is 390 Å². The molecule has 0 saturated heterocycles. The van der Waals surface area contributed by atoms with Crippen molar-refractivity contribution >= 4 is 63.1 Å². The third-order valence-electron chi connectivity index (χ3n) is 11.6. The van der Waals surface area contributed by atoms with Crippen LogP contribution < -0.4 is 5.73 Å². The van der Waals surface area contributed by atoms with E-state index in [1.165, 1.54) is 38.5 Å². The normalized spacial score (nSPS) is 13.5. The van der Waals surface area contributed by atoms with Gasteiger partial charge in [-0.05, 0) is 130 Å². The third kappa shape index (κ3) is 10.8. The van der Waals surface area contributed by atoms with Crippen LogP contribution in [0.1, 0.15) is 119 Å². The number of benzene rings is 4. The Balaban J connectivity index is 0.000000760. The van der Waals surface area contributed by atoms with Crippen LogP contribution in [0.2, 0.25) is 0 Å². The molecule has 0 spiro atoms. The summed E-state index contributed by atoms with van der Waals surface area (Å²) in [5, 5.41) is 10.4. The predicted octanol–water partition coefficient (Wildman–Crippen LogP) is 17.4. The van der Waals surface area contributed by atoms with Crippen LogP contribution in [-0.2, 0) is 5.41 Å². The van der Waals surface area contributed by atoms with Crippen molar-refractivity contribution < 1.29 is 5.11 Å². The number of nitrogens with two attached hydrogens (primary N) is 1. The van der Waals surface area contributed by atoms with E-state index in [1.807, 2.05) is 45.9 Å². The van der Waals surface area contributed by atoms with Crippen LogP contribution in [0, 0.1) is 13.8 Å². The van der Waals surface area contributed by atoms with Gasteiger partial charge in [0.1, 0.15) is 0 Å². The zero-order chi connectivity index (χ0) is 47.8. The molecule has 65 heavy (non-hydrogen) atoms. The number of nitrogens with zero attached hydrogens (tertiary/aromatic N) is 2. The van der Waals surface area contributed by atoms with Crippen molar-refractivity contribution in [2.45, 2.75) is 88.0 Å². The SMILES string of the molecule is C/C=C\C=C/O.C=C/C=C(\C)n1c(C)c(/C=C(\C=C)c2cccc(C)c2)c(/C=C/c2ccc3c(c2)c2ccccc2n3-c2ccc3c(c2)C(N)=C(CC)C3(C)C)c1/C=C\C.C=CC.CC. The number of hydrogen-bond donors (Lipinski definition) is 2. The van der Waals surface area contributed by atoms with Gasteiger partial charge in [-0.3, -0.25) is 0 Å². The van der Waals surface area contributed by atoms with E-state index in [0.29, 0.717) is 0 Å². The molecule has 0 radical (unpaired) electrons. The van der Waals surface area contributed by atoms with E-state index in [2.05, 4.69) is 199 Å². The number of aromatic nitrogens is 2. The maximum Gasteiger partial charge on any atom is 0.0791 e. The molecule has 2 aromatic heterocycles. The van der Waals surface area contributed by atoms with Crippen LogP contribution in [0.15, 0.2) is 165 Å². The Morgan fingerprint density at radius 1 is 0.785 bits per heavy atom. The first-order valence-electron chi connectivity index (χ1n) is 22.8. The minimum absolute atomic E-state index is 0.0643. The lowest BCUT2D eigenvalue weighted by molar-refractivity contribution is 0.473. The summed E-state index contributed by atoms with van der Waals surface area (Å²) in [5.74, 6) is 0. The number of aryl methyl sites for hydroxylation is 1. The summed E-state index contributed by atoms with van der Waals surface area (Å²) in [7, 11) is 0. The molecule has 0 atom stereocenters. The molecular weight excluding hydrogens is 791 g/mol. The van der Waals surface area contributed by atoms with Crippen molar-refractivity contribution in [1.29, 1.82) is 0 Å². The highest BCUT2D eigenvalue weighted by Crippen LogP contribution is 2.46. The number of fused-ring (bicyclic) bond motifs is 4. The van der Waals surface area contributed by atoms with E-state index in [0.717, 1.165) is 74.5 Å². The predicted molar refractivity (Wildman–Crippen MR) is 291 cm³/mol. The lowest BCUT2D eigenvalue weighted by Crippen LogP contribution is -2.17. The van der Waals surface area contributed by atoms with Gasteiger partial charge in [-0.15, -0.1) is 6.58 Å². The van der Waals surface area contributed by atoms with Gasteiger partial charge in [-0.1, -0.05) is 157 Å². The van der Waals surface area contributed by atoms with E-state index in [-0.39, 0.29) is 5.41 Å². The Bertz CT molecular complexity index is 2860. The van der Waals surface area contributed by atoms with Crippen molar-refractivity contribution in [3.8, 4) is 5.69 Å². The van der Waals surface area contributed by atoms with E-state index < -0.39 is 0 Å². The lowest BCUT2D eigenvalue weighted by atomic mass is 9.80. The number of allylic oxidation sites excluding steroid dienone is 11. The highest BCUT2D eigenvalue weighted by Gasteiger charge is 2.36. The topological polar surface area (TPSA) is 56.1 Å². The first-order valence-corrected chi connectivity index (χ1v) is 22.8. The third-order valence-corrected chi connectivity index (χ3v) is 11.6. The number of aliphatic hydroxyl groups is 1. The van der Waals surface area contributed by atoms with Crippen molar-refractivity contribution in [1.82, 2.24) is 9.13 Å². The van der Waals surface area contributed by atoms with Crippen molar-refractivity contribution in [2.24, 2.45) is 5.73 Å². The first-order chi connectivity index (χ1) is 31.4. The zero-order valence-electron chi connectivity index (χ0n) is 40.8. The number of aliphatic hydroxyl groups excluding tert-OH is 1. The number of hydrogen-bond acceptors (Lipinski definition) is 2. The van der Waals surface area contributed by atoms with Gasteiger partial charge in [0, 0.05) is 55.7 Å². The summed E-state index contributed by atoms with van der Waals surface area (Å²) in [6.45, 7) is 34.7. The second kappa shape index (κ2) is 23.6. The Hall–Kier alpha value is -7.04. The van der Waals surface area contributed by atoms with Gasteiger partial charge < -0.3 is 20.0 Å². The summed E-state index contributed by atoms with van der Waals surface area (Å²) >= 11 is 0. The van der Waals surface area contributed by atoms with Crippen molar-refractivity contribution in [2.75, 3.05) is 0 Å². The van der Waals surface area contributed by atoms with Crippen LogP contribution >= 0.6 is 0 Å². The molecule has 0 amide bonds. The van der Waals surface area contributed by atoms with Crippen LogP contribution in [0.5, 0.6) is 0 Å². The van der Waals surface area contributed by atoms with E-state index in [4.69, 9.17) is 10.8 Å². The maximum absolute atomic E-state index is 7.97. The molecule has 0 fully saturated rings. The number of para-hydroxylation sites is 1. The van der Waals surface area contributed by atoms with Gasteiger partial charge in [0.15, 0.2) is 0 Å². The van der Waals surface area contributed by atoms with Crippen molar-refractivity contribution in [3.63, 3.8) is 0 Å². The molecule has 1 aliphatic carbocycles. The summed E-state index contributed by atoms with van der Waals surface area (Å²) in [5.41, 5.74) is 25.2. The molecule has 0 aliphatic heterocycles. The monoisotopic (exact) mass is 862 g/mol. The summed E-state index contributed by atoms with van der Waals surface area (Å²) in [6, 6.07) is 31.0. The summed E-state index contributed by atoms with van der Waals surface area (Å²) < 4.78 is 4.71. The van der Waals surface area contributed by atoms with Gasteiger partial charge >= 0.3 is 0 Å². The fourth-order valence-electron chi connectivity index (χ4n) is 8.82. The Morgan fingerprint density at radius 2 is 1.49 bits per heavy atom. The van der Waals surface area contributed by atoms with Gasteiger partial charge in [0.05, 0.1) is 23.0 Å². The highest BCUT2D eigenvalue weighted by atomic mass is 16.2. The van der Waals surface area contributed by atoms with Gasteiger partial charge in [0.25, 0.3) is 0 Å². The molecule has 4 nitrogen and oxygen atoms in total. The molecule has 0 bridgehead atoms. The van der Waals surface area contributed by atoms with Gasteiger partial charge in [0.2, 0.25) is 0 Å². The van der Waals surface area contributed by atoms with E-state index in [9.17, 15) is 0 Å². The molecular formula is C61H71N3O. The maximum atomic E-state index is 7.97. The Kier molecular flexibility index (Phi) is 18.4. The standard InChI is InChI=1S/C51H51N3.C5H8O.C3H6.C2H6/c1-10-17-34(6)53-35(7)42(31-37(12-3)38-20-16-19-33(5)29-38)41(47(53)18-11-2)26-23-36-24-28-49-43(30-36)40-21-14-15-22-48(40)54(49)39-25-27-46-44(32-39)50(52)45(13-4)51(46,8)9;1-2-3-4-5-6;1-3-2;1-2/h10-12,14-32H,1,3,13,52H2,2,4-9H3;2-6H,1H3;3H,1H2,2H3;1-2H3/b18-11-,26-23+,34-17+,37-31+;3-2-,5-4-;;. The van der Waals surface area contributed by atoms with Crippen LogP contribution in [-0.4, -0.2) is 14.2 Å². The van der Waals surface area contributed by atoms with Crippen LogP contribution in [0.3, 0.4) is 0 Å². The van der Waals surface area contributed by atoms with Gasteiger partial charge in [-0.25, -0.2) is 0 Å². The molecule has 336 valence electrons. The second-order valence-corrected chi connectivity index (χ2v) is 16.2. The Morgan fingerprint density at radius 3 is 2.11 bits per heavy atom. The average molecular weight is 862 g/mol. The molecule has 1 aliphatic rings. The minimum Gasteiger partial charge on any atom is -0.516 e. The molecule has 0 unspecified atom stereocenters.